The Morgan fingerprint density at radius 1 is 1.04 bits per heavy atom. The molecule has 0 bridgehead atoms. The molecule has 0 radical (unpaired) electrons. The van der Waals surface area contributed by atoms with E-state index < -0.39 is 5.91 Å². The van der Waals surface area contributed by atoms with Gasteiger partial charge in [-0.25, -0.2) is 14.4 Å². The lowest BCUT2D eigenvalue weighted by atomic mass is 10.0. The Morgan fingerprint density at radius 2 is 1.78 bits per heavy atom. The average molecular weight is 364 g/mol. The highest BCUT2D eigenvalue weighted by Gasteiger charge is 2.09. The van der Waals surface area contributed by atoms with E-state index in [9.17, 15) is 9.18 Å². The molecule has 0 unspecified atom stereocenters. The van der Waals surface area contributed by atoms with Crippen LogP contribution in [0.3, 0.4) is 0 Å². The zero-order valence-corrected chi connectivity index (χ0v) is 15.2. The van der Waals surface area contributed by atoms with Crippen LogP contribution in [0.25, 0.3) is 0 Å². The predicted molar refractivity (Wildman–Crippen MR) is 103 cm³/mol. The molecule has 1 aromatic heterocycles. The molecule has 2 aromatic carbocycles. The molecule has 3 aromatic rings. The number of rotatable bonds is 6. The van der Waals surface area contributed by atoms with E-state index in [1.54, 1.807) is 18.2 Å². The maximum Gasteiger partial charge on any atom is 0.271 e. The van der Waals surface area contributed by atoms with Crippen molar-refractivity contribution in [3.05, 3.63) is 83.6 Å². The highest BCUT2D eigenvalue weighted by atomic mass is 19.1. The number of hydrogen-bond donors (Lipinski definition) is 2. The minimum absolute atomic E-state index is 0.0926. The van der Waals surface area contributed by atoms with Gasteiger partial charge in [-0.2, -0.15) is 0 Å². The van der Waals surface area contributed by atoms with E-state index in [1.807, 2.05) is 12.1 Å². The summed E-state index contributed by atoms with van der Waals surface area (Å²) in [5.41, 5.74) is 2.74. The summed E-state index contributed by atoms with van der Waals surface area (Å²) < 4.78 is 13.6. The van der Waals surface area contributed by atoms with Crippen LogP contribution in [0.4, 0.5) is 15.9 Å². The van der Waals surface area contributed by atoms with Crippen molar-refractivity contribution in [2.75, 3.05) is 5.32 Å². The molecule has 1 heterocycles. The zero-order valence-electron chi connectivity index (χ0n) is 15.2. The molecule has 0 aliphatic rings. The molecule has 3 rings (SSSR count). The van der Waals surface area contributed by atoms with Gasteiger partial charge in [-0.3, -0.25) is 4.79 Å². The highest BCUT2D eigenvalue weighted by Crippen LogP contribution is 2.19. The maximum atomic E-state index is 13.6. The van der Waals surface area contributed by atoms with Crippen LogP contribution in [0.5, 0.6) is 0 Å². The first-order valence-corrected chi connectivity index (χ1v) is 8.73. The van der Waals surface area contributed by atoms with E-state index in [-0.39, 0.29) is 18.1 Å². The van der Waals surface area contributed by atoms with Gasteiger partial charge in [-0.1, -0.05) is 44.2 Å². The summed E-state index contributed by atoms with van der Waals surface area (Å²) in [5, 5.41) is 5.79. The van der Waals surface area contributed by atoms with Gasteiger partial charge in [0.2, 0.25) is 0 Å². The van der Waals surface area contributed by atoms with Crippen LogP contribution >= 0.6 is 0 Å². The standard InChI is InChI=1S/C21H21FN4O/c1-14(2)15-7-9-17(10-8-15)26-20-13-23-19(12-24-20)21(27)25-11-16-5-3-4-6-18(16)22/h3-10,12-14H,11H2,1-2H3,(H,24,26)(H,25,27). The number of halogens is 1. The van der Waals surface area contributed by atoms with E-state index in [0.717, 1.165) is 5.69 Å². The quantitative estimate of drug-likeness (QED) is 0.680. The number of nitrogens with zero attached hydrogens (tertiary/aromatic N) is 2. The van der Waals surface area contributed by atoms with Crippen LogP contribution in [0, 0.1) is 5.82 Å². The summed E-state index contributed by atoms with van der Waals surface area (Å²) in [5.74, 6) is 0.254. The monoisotopic (exact) mass is 364 g/mol. The minimum atomic E-state index is -0.404. The number of anilines is 2. The van der Waals surface area contributed by atoms with Crippen molar-refractivity contribution in [1.29, 1.82) is 0 Å². The van der Waals surface area contributed by atoms with Crippen molar-refractivity contribution in [2.24, 2.45) is 0 Å². The van der Waals surface area contributed by atoms with Crippen molar-refractivity contribution >= 4 is 17.4 Å². The first kappa shape index (κ1) is 18.5. The Bertz CT molecular complexity index is 908. The molecule has 5 nitrogen and oxygen atoms in total. The Labute approximate surface area is 157 Å². The Kier molecular flexibility index (Phi) is 5.76. The molecule has 0 aliphatic heterocycles. The summed E-state index contributed by atoms with van der Waals surface area (Å²) >= 11 is 0. The molecule has 0 atom stereocenters. The van der Waals surface area contributed by atoms with Gasteiger partial charge in [-0.05, 0) is 29.7 Å². The van der Waals surface area contributed by atoms with Crippen molar-refractivity contribution in [3.63, 3.8) is 0 Å². The van der Waals surface area contributed by atoms with Crippen molar-refractivity contribution in [3.8, 4) is 0 Å². The number of aromatic nitrogens is 2. The van der Waals surface area contributed by atoms with Crippen LogP contribution in [0.1, 0.15) is 41.4 Å². The van der Waals surface area contributed by atoms with Gasteiger partial charge in [0.25, 0.3) is 5.91 Å². The van der Waals surface area contributed by atoms with Crippen LogP contribution < -0.4 is 10.6 Å². The Morgan fingerprint density at radius 3 is 2.41 bits per heavy atom. The molecule has 0 spiro atoms. The maximum absolute atomic E-state index is 13.6. The van der Waals surface area contributed by atoms with Crippen LogP contribution in [0.15, 0.2) is 60.9 Å². The number of carbonyl (C=O) groups excluding carboxylic acids is 1. The van der Waals surface area contributed by atoms with Crippen molar-refractivity contribution in [2.45, 2.75) is 26.3 Å². The van der Waals surface area contributed by atoms with Crippen LogP contribution in [0.2, 0.25) is 0 Å². The molecular formula is C21H21FN4O. The average Bonchev–Trinajstić information content (AvgIpc) is 2.68. The molecule has 0 saturated carbocycles. The zero-order chi connectivity index (χ0) is 19.2. The SMILES string of the molecule is CC(C)c1ccc(Nc2cnc(C(=O)NCc3ccccc3F)cn2)cc1. The highest BCUT2D eigenvalue weighted by molar-refractivity contribution is 5.92. The van der Waals surface area contributed by atoms with Gasteiger partial charge < -0.3 is 10.6 Å². The predicted octanol–water partition coefficient (Wildman–Crippen LogP) is 4.41. The van der Waals surface area contributed by atoms with Crippen LogP contribution in [-0.2, 0) is 6.54 Å². The lowest BCUT2D eigenvalue weighted by Crippen LogP contribution is -2.24. The number of benzene rings is 2. The fourth-order valence-electron chi connectivity index (χ4n) is 2.52. The largest absolute Gasteiger partial charge is 0.346 e. The van der Waals surface area contributed by atoms with Gasteiger partial charge >= 0.3 is 0 Å². The molecule has 0 saturated heterocycles. The molecule has 1 amide bonds. The van der Waals surface area contributed by atoms with Gasteiger partial charge in [0.15, 0.2) is 0 Å². The fourth-order valence-corrected chi connectivity index (χ4v) is 2.52. The molecular weight excluding hydrogens is 343 g/mol. The number of amides is 1. The third-order valence-electron chi connectivity index (χ3n) is 4.13. The first-order valence-electron chi connectivity index (χ1n) is 8.73. The summed E-state index contributed by atoms with van der Waals surface area (Å²) in [6.45, 7) is 4.38. The summed E-state index contributed by atoms with van der Waals surface area (Å²) in [6, 6.07) is 14.4. The molecule has 6 heteroatoms. The van der Waals surface area contributed by atoms with Crippen molar-refractivity contribution in [1.82, 2.24) is 15.3 Å². The fraction of sp³-hybridized carbons (Fsp3) is 0.190. The van der Waals surface area contributed by atoms with E-state index in [0.29, 0.717) is 17.3 Å². The molecule has 0 fully saturated rings. The van der Waals surface area contributed by atoms with E-state index in [1.165, 1.54) is 24.0 Å². The molecule has 138 valence electrons. The second-order valence-corrected chi connectivity index (χ2v) is 6.46. The molecule has 2 N–H and O–H groups in total. The number of hydrogen-bond acceptors (Lipinski definition) is 4. The Hall–Kier alpha value is -3.28. The third-order valence-corrected chi connectivity index (χ3v) is 4.13. The summed E-state index contributed by atoms with van der Waals surface area (Å²) in [6.07, 6.45) is 2.88. The van der Waals surface area contributed by atoms with Gasteiger partial charge in [0.1, 0.15) is 17.3 Å². The lowest BCUT2D eigenvalue weighted by Gasteiger charge is -2.09. The van der Waals surface area contributed by atoms with Gasteiger partial charge in [0, 0.05) is 17.8 Å². The first-order chi connectivity index (χ1) is 13.0. The van der Waals surface area contributed by atoms with Gasteiger partial charge in [-0.15, -0.1) is 0 Å². The number of nitrogens with one attached hydrogen (secondary N) is 2. The van der Waals surface area contributed by atoms with E-state index >= 15 is 0 Å². The topological polar surface area (TPSA) is 66.9 Å². The lowest BCUT2D eigenvalue weighted by molar-refractivity contribution is 0.0945. The van der Waals surface area contributed by atoms with Crippen molar-refractivity contribution < 1.29 is 9.18 Å². The smallest absolute Gasteiger partial charge is 0.271 e. The van der Waals surface area contributed by atoms with Crippen LogP contribution in [-0.4, -0.2) is 15.9 Å². The van der Waals surface area contributed by atoms with E-state index in [4.69, 9.17) is 0 Å². The number of carbonyl (C=O) groups is 1. The van der Waals surface area contributed by atoms with E-state index in [2.05, 4.69) is 46.6 Å². The summed E-state index contributed by atoms with van der Waals surface area (Å²) in [4.78, 5) is 20.5. The van der Waals surface area contributed by atoms with Gasteiger partial charge in [0.05, 0.1) is 12.4 Å². The second-order valence-electron chi connectivity index (χ2n) is 6.46. The Balaban J connectivity index is 1.59. The molecule has 0 aliphatic carbocycles. The molecule has 27 heavy (non-hydrogen) atoms. The second kappa shape index (κ2) is 8.40. The minimum Gasteiger partial charge on any atom is -0.346 e. The summed E-state index contributed by atoms with van der Waals surface area (Å²) in [7, 11) is 0. The third kappa shape index (κ3) is 4.88. The normalized spacial score (nSPS) is 10.7.